The molecule has 0 spiro atoms. The Labute approximate surface area is 247 Å². The molecule has 2 N–H and O–H groups in total. The average Bonchev–Trinajstić information content (AvgIpc) is 2.92. The lowest BCUT2D eigenvalue weighted by atomic mass is 10.0. The number of hydrogen-bond donors (Lipinski definition) is 2. The maximum absolute atomic E-state index is 14.1. The number of fused-ring (bicyclic) bond motifs is 1. The minimum absolute atomic E-state index is 0.0429. The SMILES string of the molecule is C=CC(=O)NC1CN(CCn2c(=O)c(-c3c(Cl)c(OC)cc(OC)c3Cl)cc3cnc(NCCC4COC4)nc32)C1. The Morgan fingerprint density at radius 2 is 1.88 bits per heavy atom. The number of aromatic nitrogens is 3. The van der Waals surface area contributed by atoms with Crippen molar-refractivity contribution in [3.05, 3.63) is 51.4 Å². The summed E-state index contributed by atoms with van der Waals surface area (Å²) in [7, 11) is 2.96. The molecule has 13 heteroatoms. The van der Waals surface area contributed by atoms with E-state index in [0.717, 1.165) is 19.6 Å². The van der Waals surface area contributed by atoms with Gasteiger partial charge in [-0.15, -0.1) is 0 Å². The van der Waals surface area contributed by atoms with Crippen molar-refractivity contribution >= 4 is 46.1 Å². The maximum Gasteiger partial charge on any atom is 0.260 e. The molecular formula is C28H32Cl2N6O5. The number of halogens is 2. The van der Waals surface area contributed by atoms with E-state index in [0.29, 0.717) is 72.7 Å². The van der Waals surface area contributed by atoms with Gasteiger partial charge in [0, 0.05) is 61.9 Å². The summed E-state index contributed by atoms with van der Waals surface area (Å²) in [5.41, 5.74) is 0.761. The molecule has 41 heavy (non-hydrogen) atoms. The molecule has 4 heterocycles. The number of anilines is 1. The van der Waals surface area contributed by atoms with E-state index < -0.39 is 0 Å². The van der Waals surface area contributed by atoms with Crippen molar-refractivity contribution in [2.45, 2.75) is 19.0 Å². The lowest BCUT2D eigenvalue weighted by Crippen LogP contribution is -2.59. The topological polar surface area (TPSA) is 120 Å². The first kappa shape index (κ1) is 29.1. The van der Waals surface area contributed by atoms with E-state index in [9.17, 15) is 9.59 Å². The Morgan fingerprint density at radius 3 is 2.49 bits per heavy atom. The zero-order chi connectivity index (χ0) is 29.1. The molecule has 3 aromatic rings. The first-order chi connectivity index (χ1) is 19.8. The third kappa shape index (κ3) is 6.13. The van der Waals surface area contributed by atoms with Crippen molar-refractivity contribution in [2.75, 3.05) is 58.9 Å². The van der Waals surface area contributed by atoms with Gasteiger partial charge >= 0.3 is 0 Å². The van der Waals surface area contributed by atoms with Crippen LogP contribution in [0.15, 0.2) is 35.8 Å². The molecule has 2 aromatic heterocycles. The summed E-state index contributed by atoms with van der Waals surface area (Å²) in [6.07, 6.45) is 3.88. The van der Waals surface area contributed by atoms with Crippen LogP contribution < -0.4 is 25.7 Å². The fraction of sp³-hybridized carbons (Fsp3) is 0.429. The summed E-state index contributed by atoms with van der Waals surface area (Å²) in [6.45, 7) is 7.99. The van der Waals surface area contributed by atoms with Gasteiger partial charge in [0.05, 0.1) is 49.1 Å². The van der Waals surface area contributed by atoms with Crippen LogP contribution >= 0.6 is 23.2 Å². The number of methoxy groups -OCH3 is 2. The third-order valence-electron chi connectivity index (χ3n) is 7.34. The molecule has 2 fully saturated rings. The van der Waals surface area contributed by atoms with Crippen LogP contribution in [0.5, 0.6) is 11.5 Å². The van der Waals surface area contributed by atoms with Gasteiger partial charge in [0.25, 0.3) is 5.56 Å². The van der Waals surface area contributed by atoms with Crippen LogP contribution in [0.4, 0.5) is 5.95 Å². The van der Waals surface area contributed by atoms with Crippen molar-refractivity contribution in [2.24, 2.45) is 5.92 Å². The molecule has 5 rings (SSSR count). The minimum Gasteiger partial charge on any atom is -0.495 e. The number of carbonyl (C=O) groups excluding carboxylic acids is 1. The van der Waals surface area contributed by atoms with E-state index in [2.05, 4.69) is 27.1 Å². The quantitative estimate of drug-likeness (QED) is 0.301. The van der Waals surface area contributed by atoms with Crippen LogP contribution in [-0.2, 0) is 16.1 Å². The monoisotopic (exact) mass is 602 g/mol. The highest BCUT2D eigenvalue weighted by Gasteiger charge is 2.28. The summed E-state index contributed by atoms with van der Waals surface area (Å²) in [6, 6.07) is 3.32. The number of ether oxygens (including phenoxy) is 3. The number of nitrogens with one attached hydrogen (secondary N) is 2. The molecule has 0 radical (unpaired) electrons. The van der Waals surface area contributed by atoms with E-state index in [1.807, 2.05) is 0 Å². The Kier molecular flexibility index (Phi) is 8.98. The van der Waals surface area contributed by atoms with Crippen LogP contribution in [0, 0.1) is 5.92 Å². The average molecular weight is 604 g/mol. The molecule has 0 bridgehead atoms. The second-order valence-electron chi connectivity index (χ2n) is 10.1. The molecule has 11 nitrogen and oxygen atoms in total. The van der Waals surface area contributed by atoms with Crippen molar-refractivity contribution in [1.29, 1.82) is 0 Å². The molecule has 218 valence electrons. The third-order valence-corrected chi connectivity index (χ3v) is 8.09. The summed E-state index contributed by atoms with van der Waals surface area (Å²) in [5.74, 6) is 1.43. The molecule has 0 unspecified atom stereocenters. The summed E-state index contributed by atoms with van der Waals surface area (Å²) in [4.78, 5) is 37.1. The van der Waals surface area contributed by atoms with Gasteiger partial charge in [-0.05, 0) is 18.6 Å². The number of benzene rings is 1. The van der Waals surface area contributed by atoms with Crippen LogP contribution in [0.1, 0.15) is 6.42 Å². The molecule has 0 saturated carbocycles. The zero-order valence-corrected chi connectivity index (χ0v) is 24.4. The highest BCUT2D eigenvalue weighted by molar-refractivity contribution is 6.41. The van der Waals surface area contributed by atoms with Crippen molar-refractivity contribution in [1.82, 2.24) is 24.8 Å². The van der Waals surface area contributed by atoms with Crippen LogP contribution in [0.3, 0.4) is 0 Å². The molecule has 2 aliphatic rings. The Hall–Kier alpha value is -3.38. The van der Waals surface area contributed by atoms with E-state index in [-0.39, 0.29) is 33.1 Å². The van der Waals surface area contributed by atoms with Gasteiger partial charge < -0.3 is 24.8 Å². The highest BCUT2D eigenvalue weighted by Crippen LogP contribution is 2.45. The molecule has 2 aliphatic heterocycles. The first-order valence-corrected chi connectivity index (χ1v) is 14.1. The molecule has 1 aromatic carbocycles. The smallest absolute Gasteiger partial charge is 0.260 e. The minimum atomic E-state index is -0.315. The van der Waals surface area contributed by atoms with E-state index >= 15 is 0 Å². The van der Waals surface area contributed by atoms with Gasteiger partial charge in [0.2, 0.25) is 11.9 Å². The van der Waals surface area contributed by atoms with Crippen LogP contribution in [-0.4, -0.2) is 85.0 Å². The largest absolute Gasteiger partial charge is 0.495 e. The summed E-state index contributed by atoms with van der Waals surface area (Å²) in [5, 5.41) is 7.19. The van der Waals surface area contributed by atoms with Gasteiger partial charge in [-0.2, -0.15) is 4.98 Å². The predicted molar refractivity (Wildman–Crippen MR) is 158 cm³/mol. The number of carbonyl (C=O) groups is 1. The fourth-order valence-corrected chi connectivity index (χ4v) is 5.64. The predicted octanol–water partition coefficient (Wildman–Crippen LogP) is 3.22. The van der Waals surface area contributed by atoms with Crippen LogP contribution in [0.2, 0.25) is 10.0 Å². The van der Waals surface area contributed by atoms with Gasteiger partial charge in [-0.1, -0.05) is 29.8 Å². The molecule has 1 amide bonds. The molecule has 0 atom stereocenters. The standard InChI is InChI=1S/C28H32Cl2N6O5/c1-4-22(37)33-18-12-35(13-18)7-8-36-26-17(11-32-28(34-26)31-6-5-16-14-41-15-16)9-19(27(36)38)23-24(29)20(39-2)10-21(40-3)25(23)30/h4,9-11,16,18H,1,5-8,12-15H2,2-3H3,(H,33,37)(H,31,32,34). The highest BCUT2D eigenvalue weighted by atomic mass is 35.5. The second kappa shape index (κ2) is 12.6. The first-order valence-electron chi connectivity index (χ1n) is 13.3. The Balaban J connectivity index is 1.50. The van der Waals surface area contributed by atoms with E-state index in [1.165, 1.54) is 20.3 Å². The van der Waals surface area contributed by atoms with Gasteiger partial charge in [-0.25, -0.2) is 4.98 Å². The molecular weight excluding hydrogens is 571 g/mol. The van der Waals surface area contributed by atoms with E-state index in [4.69, 9.17) is 42.4 Å². The Bertz CT molecular complexity index is 1490. The van der Waals surface area contributed by atoms with Crippen molar-refractivity contribution < 1.29 is 19.0 Å². The number of amides is 1. The Morgan fingerprint density at radius 1 is 1.17 bits per heavy atom. The molecule has 2 saturated heterocycles. The van der Waals surface area contributed by atoms with Gasteiger partial charge in [0.1, 0.15) is 17.1 Å². The summed E-state index contributed by atoms with van der Waals surface area (Å²) >= 11 is 13.4. The maximum atomic E-state index is 14.1. The summed E-state index contributed by atoms with van der Waals surface area (Å²) < 4.78 is 17.7. The van der Waals surface area contributed by atoms with Gasteiger partial charge in [0.15, 0.2) is 0 Å². The number of rotatable bonds is 12. The van der Waals surface area contributed by atoms with Crippen molar-refractivity contribution in [3.8, 4) is 22.6 Å². The fourth-order valence-electron chi connectivity index (χ4n) is 4.94. The number of nitrogens with zero attached hydrogens (tertiary/aromatic N) is 4. The van der Waals surface area contributed by atoms with E-state index in [1.54, 1.807) is 22.9 Å². The van der Waals surface area contributed by atoms with Crippen LogP contribution in [0.25, 0.3) is 22.2 Å². The second-order valence-corrected chi connectivity index (χ2v) is 10.8. The molecule has 0 aliphatic carbocycles. The lowest BCUT2D eigenvalue weighted by molar-refractivity contribution is -0.118. The lowest BCUT2D eigenvalue weighted by Gasteiger charge is -2.39. The van der Waals surface area contributed by atoms with Gasteiger partial charge in [-0.3, -0.25) is 19.1 Å². The zero-order valence-electron chi connectivity index (χ0n) is 22.9. The normalized spacial score (nSPS) is 15.7. The van der Waals surface area contributed by atoms with Crippen molar-refractivity contribution in [3.63, 3.8) is 0 Å². The number of hydrogen-bond acceptors (Lipinski definition) is 9. The number of pyridine rings is 1. The number of likely N-dealkylation sites (tertiary alicyclic amines) is 1.